The van der Waals surface area contributed by atoms with Crippen molar-refractivity contribution in [2.24, 2.45) is 5.92 Å². The molecule has 1 aliphatic heterocycles. The lowest BCUT2D eigenvalue weighted by atomic mass is 9.94. The largest absolute Gasteiger partial charge is 0.497 e. The number of hydrogen-bond donors (Lipinski definition) is 2. The molecular formula is C21H28N2O2S. The molecule has 2 N–H and O–H groups in total. The van der Waals surface area contributed by atoms with Gasteiger partial charge < -0.3 is 20.1 Å². The molecule has 1 saturated carbocycles. The molecule has 1 aromatic carbocycles. The van der Waals surface area contributed by atoms with Gasteiger partial charge in [-0.3, -0.25) is 0 Å². The van der Waals surface area contributed by atoms with Crippen molar-refractivity contribution in [2.75, 3.05) is 26.9 Å². The second-order valence-corrected chi connectivity index (χ2v) is 8.38. The molecule has 2 aliphatic rings. The third-order valence-corrected chi connectivity index (χ3v) is 6.75. The first kappa shape index (κ1) is 18.0. The van der Waals surface area contributed by atoms with Crippen molar-refractivity contribution < 1.29 is 9.47 Å². The second-order valence-electron chi connectivity index (χ2n) is 7.21. The lowest BCUT2D eigenvalue weighted by Gasteiger charge is -2.33. The maximum Gasteiger partial charge on any atom is 0.118 e. The highest BCUT2D eigenvalue weighted by molar-refractivity contribution is 7.15. The molecule has 26 heavy (non-hydrogen) atoms. The summed E-state index contributed by atoms with van der Waals surface area (Å²) in [6.07, 6.45) is 3.90. The van der Waals surface area contributed by atoms with Gasteiger partial charge in [-0.25, -0.2) is 0 Å². The Labute approximate surface area is 159 Å². The zero-order valence-electron chi connectivity index (χ0n) is 15.4. The second kappa shape index (κ2) is 8.53. The number of morpholine rings is 1. The summed E-state index contributed by atoms with van der Waals surface area (Å²) in [5.74, 6) is 1.59. The fourth-order valence-electron chi connectivity index (χ4n) is 4.20. The average molecular weight is 373 g/mol. The molecule has 3 unspecified atom stereocenters. The maximum atomic E-state index is 5.68. The molecule has 0 bridgehead atoms. The van der Waals surface area contributed by atoms with Gasteiger partial charge in [0.2, 0.25) is 0 Å². The molecule has 3 atom stereocenters. The number of ether oxygens (including phenoxy) is 2. The summed E-state index contributed by atoms with van der Waals surface area (Å²) in [6, 6.07) is 13.9. The van der Waals surface area contributed by atoms with Crippen LogP contribution in [0.1, 0.15) is 24.1 Å². The van der Waals surface area contributed by atoms with Gasteiger partial charge >= 0.3 is 0 Å². The summed E-state index contributed by atoms with van der Waals surface area (Å²) >= 11 is 1.88. The monoisotopic (exact) mass is 372 g/mol. The van der Waals surface area contributed by atoms with Crippen LogP contribution in [-0.4, -0.2) is 39.0 Å². The molecule has 5 heteroatoms. The van der Waals surface area contributed by atoms with Crippen LogP contribution in [0.15, 0.2) is 36.4 Å². The van der Waals surface area contributed by atoms with Crippen LogP contribution < -0.4 is 15.4 Å². The molecule has 0 radical (unpaired) electrons. The first-order valence-corrected chi connectivity index (χ1v) is 10.4. The van der Waals surface area contributed by atoms with Gasteiger partial charge in [0.25, 0.3) is 0 Å². The van der Waals surface area contributed by atoms with Crippen LogP contribution >= 0.6 is 11.3 Å². The number of methoxy groups -OCH3 is 1. The van der Waals surface area contributed by atoms with E-state index >= 15 is 0 Å². The molecule has 1 aromatic heterocycles. The van der Waals surface area contributed by atoms with Gasteiger partial charge in [-0.1, -0.05) is 6.42 Å². The molecule has 1 aliphatic carbocycles. The topological polar surface area (TPSA) is 42.5 Å². The molecular weight excluding hydrogens is 344 g/mol. The van der Waals surface area contributed by atoms with Crippen LogP contribution in [0.3, 0.4) is 0 Å². The molecule has 2 aromatic rings. The molecule has 0 spiro atoms. The Kier molecular flexibility index (Phi) is 5.90. The molecule has 2 heterocycles. The minimum Gasteiger partial charge on any atom is -0.497 e. The van der Waals surface area contributed by atoms with Crippen LogP contribution in [0.5, 0.6) is 5.75 Å². The van der Waals surface area contributed by atoms with Crippen LogP contribution in [-0.2, 0) is 11.3 Å². The molecule has 1 saturated heterocycles. The zero-order valence-corrected chi connectivity index (χ0v) is 16.2. The van der Waals surface area contributed by atoms with E-state index in [-0.39, 0.29) is 0 Å². The highest BCUT2D eigenvalue weighted by Crippen LogP contribution is 2.32. The van der Waals surface area contributed by atoms with E-state index in [0.717, 1.165) is 32.1 Å². The van der Waals surface area contributed by atoms with Crippen molar-refractivity contribution in [1.82, 2.24) is 10.6 Å². The van der Waals surface area contributed by atoms with Crippen molar-refractivity contribution in [3.63, 3.8) is 0 Å². The average Bonchev–Trinajstić information content (AvgIpc) is 3.36. The van der Waals surface area contributed by atoms with E-state index in [1.807, 2.05) is 23.5 Å². The molecule has 2 fully saturated rings. The van der Waals surface area contributed by atoms with Gasteiger partial charge in [-0.2, -0.15) is 0 Å². The summed E-state index contributed by atoms with van der Waals surface area (Å²) in [7, 11) is 1.70. The minimum atomic E-state index is 0.516. The van der Waals surface area contributed by atoms with Gasteiger partial charge in [0.1, 0.15) is 5.75 Å². The van der Waals surface area contributed by atoms with Gasteiger partial charge in [-0.15, -0.1) is 11.3 Å². The summed E-state index contributed by atoms with van der Waals surface area (Å²) in [5.41, 5.74) is 1.25. The molecule has 140 valence electrons. The predicted molar refractivity (Wildman–Crippen MR) is 107 cm³/mol. The SMILES string of the molecule is COc1ccc(-c2ccc(CNC3CCCC3C3COCCN3)s2)cc1. The fraction of sp³-hybridized carbons (Fsp3) is 0.524. The Morgan fingerprint density at radius 2 is 2.08 bits per heavy atom. The van der Waals surface area contributed by atoms with Gasteiger partial charge in [0.05, 0.1) is 20.3 Å². The normalized spacial score (nSPS) is 26.1. The van der Waals surface area contributed by atoms with Crippen LogP contribution in [0.4, 0.5) is 0 Å². The maximum absolute atomic E-state index is 5.68. The molecule has 4 nitrogen and oxygen atoms in total. The summed E-state index contributed by atoms with van der Waals surface area (Å²) in [5, 5.41) is 7.47. The summed E-state index contributed by atoms with van der Waals surface area (Å²) in [4.78, 5) is 2.71. The predicted octanol–water partition coefficient (Wildman–Crippen LogP) is 3.67. The van der Waals surface area contributed by atoms with Crippen LogP contribution in [0.2, 0.25) is 0 Å². The number of nitrogens with one attached hydrogen (secondary N) is 2. The van der Waals surface area contributed by atoms with Crippen molar-refractivity contribution in [3.8, 4) is 16.2 Å². The van der Waals surface area contributed by atoms with E-state index < -0.39 is 0 Å². The van der Waals surface area contributed by atoms with Gasteiger partial charge in [0.15, 0.2) is 0 Å². The third kappa shape index (κ3) is 4.12. The van der Waals surface area contributed by atoms with E-state index in [0.29, 0.717) is 18.0 Å². The van der Waals surface area contributed by atoms with Gasteiger partial charge in [-0.05, 0) is 60.7 Å². The van der Waals surface area contributed by atoms with Crippen LogP contribution in [0.25, 0.3) is 10.4 Å². The third-order valence-electron chi connectivity index (χ3n) is 5.61. The van der Waals surface area contributed by atoms with Gasteiger partial charge in [0, 0.05) is 34.9 Å². The van der Waals surface area contributed by atoms with E-state index in [4.69, 9.17) is 9.47 Å². The Balaban J connectivity index is 1.35. The lowest BCUT2D eigenvalue weighted by molar-refractivity contribution is 0.0524. The smallest absolute Gasteiger partial charge is 0.118 e. The van der Waals surface area contributed by atoms with Crippen molar-refractivity contribution >= 4 is 11.3 Å². The van der Waals surface area contributed by atoms with E-state index in [1.54, 1.807) is 7.11 Å². The Hall–Kier alpha value is -1.40. The highest BCUT2D eigenvalue weighted by Gasteiger charge is 2.34. The van der Waals surface area contributed by atoms with Crippen LogP contribution in [0, 0.1) is 5.92 Å². The Bertz CT molecular complexity index is 694. The highest BCUT2D eigenvalue weighted by atomic mass is 32.1. The quantitative estimate of drug-likeness (QED) is 0.812. The van der Waals surface area contributed by atoms with E-state index in [1.165, 1.54) is 34.6 Å². The van der Waals surface area contributed by atoms with E-state index in [2.05, 4.69) is 34.9 Å². The summed E-state index contributed by atoms with van der Waals surface area (Å²) < 4.78 is 10.9. The summed E-state index contributed by atoms with van der Waals surface area (Å²) in [6.45, 7) is 3.66. The first-order chi connectivity index (χ1) is 12.8. The number of thiophene rings is 1. The Morgan fingerprint density at radius 1 is 1.19 bits per heavy atom. The standard InChI is InChI=1S/C21H28N2O2S/c1-24-16-7-5-15(6-8-16)21-10-9-17(26-21)13-23-19-4-2-3-18(19)20-14-25-12-11-22-20/h5-10,18-20,22-23H,2-4,11-14H2,1H3. The number of rotatable bonds is 6. The fourth-order valence-corrected chi connectivity index (χ4v) is 5.16. The molecule has 0 amide bonds. The Morgan fingerprint density at radius 3 is 2.85 bits per heavy atom. The first-order valence-electron chi connectivity index (χ1n) is 9.61. The molecule has 4 rings (SSSR count). The van der Waals surface area contributed by atoms with Crippen molar-refractivity contribution in [3.05, 3.63) is 41.3 Å². The van der Waals surface area contributed by atoms with Crippen molar-refractivity contribution in [2.45, 2.75) is 37.9 Å². The number of benzene rings is 1. The number of hydrogen-bond acceptors (Lipinski definition) is 5. The lowest BCUT2D eigenvalue weighted by Crippen LogP contribution is -2.50. The minimum absolute atomic E-state index is 0.516. The van der Waals surface area contributed by atoms with Crippen molar-refractivity contribution in [1.29, 1.82) is 0 Å². The van der Waals surface area contributed by atoms with E-state index in [9.17, 15) is 0 Å². The zero-order chi connectivity index (χ0) is 17.8.